The van der Waals surface area contributed by atoms with Crippen LogP contribution in [0.2, 0.25) is 0 Å². The number of ketones is 1. The number of carbonyl (C=O) groups excluding carboxylic acids is 3. The molecule has 9 heteroatoms. The molecule has 2 aromatic rings. The van der Waals surface area contributed by atoms with Crippen LogP contribution in [-0.4, -0.2) is 38.2 Å². The number of benzene rings is 2. The highest BCUT2D eigenvalue weighted by Gasteiger charge is 2.24. The Hall–Kier alpha value is -3.04. The van der Waals surface area contributed by atoms with Crippen LogP contribution in [0, 0.1) is 6.92 Å². The Bertz CT molecular complexity index is 1090. The van der Waals surface area contributed by atoms with Crippen LogP contribution in [0.4, 0.5) is 5.69 Å². The standard InChI is InChI=1S/C22H26N2O6S/c1-13(2)24-31(28,29)19-11-6-14(3)20(12-19)22(27)30-15(4)21(26)17-7-9-18(10-8-17)23-16(5)25/h6-13,15,24H,1-5H3,(H,23,25)/t15-/m1/s1. The highest BCUT2D eigenvalue weighted by atomic mass is 32.2. The van der Waals surface area contributed by atoms with Gasteiger partial charge in [0.15, 0.2) is 6.10 Å². The molecule has 0 aromatic heterocycles. The van der Waals surface area contributed by atoms with Crippen molar-refractivity contribution in [2.45, 2.75) is 51.7 Å². The van der Waals surface area contributed by atoms with Gasteiger partial charge in [0, 0.05) is 24.2 Å². The fraction of sp³-hybridized carbons (Fsp3) is 0.318. The Morgan fingerprint density at radius 2 is 1.58 bits per heavy atom. The smallest absolute Gasteiger partial charge is 0.339 e. The van der Waals surface area contributed by atoms with Crippen LogP contribution in [0.3, 0.4) is 0 Å². The van der Waals surface area contributed by atoms with Gasteiger partial charge in [0.1, 0.15) is 0 Å². The van der Waals surface area contributed by atoms with Crippen molar-refractivity contribution in [2.75, 3.05) is 5.32 Å². The summed E-state index contributed by atoms with van der Waals surface area (Å²) in [5, 5.41) is 2.60. The number of hydrogen-bond donors (Lipinski definition) is 2. The van der Waals surface area contributed by atoms with E-state index in [4.69, 9.17) is 4.74 Å². The molecule has 0 fully saturated rings. The second-order valence-electron chi connectivity index (χ2n) is 7.42. The number of aryl methyl sites for hydroxylation is 1. The zero-order valence-electron chi connectivity index (χ0n) is 18.1. The highest BCUT2D eigenvalue weighted by molar-refractivity contribution is 7.89. The van der Waals surface area contributed by atoms with Gasteiger partial charge in [-0.25, -0.2) is 17.9 Å². The summed E-state index contributed by atoms with van der Waals surface area (Å²) < 4.78 is 32.6. The van der Waals surface area contributed by atoms with Crippen molar-refractivity contribution < 1.29 is 27.5 Å². The molecule has 0 radical (unpaired) electrons. The van der Waals surface area contributed by atoms with Crippen LogP contribution in [0.1, 0.15) is 54.0 Å². The summed E-state index contributed by atoms with van der Waals surface area (Å²) in [5.41, 5.74) is 1.43. The van der Waals surface area contributed by atoms with E-state index in [0.717, 1.165) is 0 Å². The van der Waals surface area contributed by atoms with Crippen molar-refractivity contribution in [1.29, 1.82) is 0 Å². The Balaban J connectivity index is 2.18. The number of rotatable bonds is 8. The van der Waals surface area contributed by atoms with Crippen molar-refractivity contribution >= 4 is 33.4 Å². The van der Waals surface area contributed by atoms with Gasteiger partial charge >= 0.3 is 5.97 Å². The third-order valence-electron chi connectivity index (χ3n) is 4.27. The predicted molar refractivity (Wildman–Crippen MR) is 117 cm³/mol. The molecule has 8 nitrogen and oxygen atoms in total. The number of anilines is 1. The molecule has 0 spiro atoms. The lowest BCUT2D eigenvalue weighted by atomic mass is 10.1. The minimum absolute atomic E-state index is 0.0623. The van der Waals surface area contributed by atoms with Gasteiger partial charge in [0.25, 0.3) is 0 Å². The number of Topliss-reactive ketones (excluding diaryl/α,β-unsaturated/α-hetero) is 1. The molecule has 31 heavy (non-hydrogen) atoms. The second-order valence-corrected chi connectivity index (χ2v) is 9.14. The van der Waals surface area contributed by atoms with Gasteiger partial charge in [-0.2, -0.15) is 0 Å². The molecule has 0 bridgehead atoms. The molecule has 166 valence electrons. The molecule has 2 aromatic carbocycles. The van der Waals surface area contributed by atoms with E-state index in [2.05, 4.69) is 10.0 Å². The van der Waals surface area contributed by atoms with E-state index >= 15 is 0 Å². The molecule has 0 unspecified atom stereocenters. The van der Waals surface area contributed by atoms with Crippen molar-refractivity contribution in [2.24, 2.45) is 0 Å². The molecule has 0 aliphatic rings. The first-order valence-electron chi connectivity index (χ1n) is 9.66. The number of sulfonamides is 1. The monoisotopic (exact) mass is 446 g/mol. The fourth-order valence-corrected chi connectivity index (χ4v) is 4.08. The van der Waals surface area contributed by atoms with Crippen LogP contribution in [0.5, 0.6) is 0 Å². The van der Waals surface area contributed by atoms with Crippen LogP contribution >= 0.6 is 0 Å². The van der Waals surface area contributed by atoms with Gasteiger partial charge in [-0.15, -0.1) is 0 Å². The lowest BCUT2D eigenvalue weighted by Crippen LogP contribution is -2.30. The zero-order chi connectivity index (χ0) is 23.3. The number of amides is 1. The summed E-state index contributed by atoms with van der Waals surface area (Å²) in [4.78, 5) is 36.3. The molecular formula is C22H26N2O6S. The van der Waals surface area contributed by atoms with Crippen molar-refractivity contribution in [3.05, 3.63) is 59.2 Å². The average Bonchev–Trinajstić information content (AvgIpc) is 2.66. The Labute approximate surface area is 182 Å². The maximum absolute atomic E-state index is 12.7. The van der Waals surface area contributed by atoms with Crippen molar-refractivity contribution in [1.82, 2.24) is 4.72 Å². The molecule has 1 amide bonds. The summed E-state index contributed by atoms with van der Waals surface area (Å²) in [5.74, 6) is -1.45. The van der Waals surface area contributed by atoms with E-state index in [-0.39, 0.29) is 22.4 Å². The summed E-state index contributed by atoms with van der Waals surface area (Å²) in [7, 11) is -3.79. The van der Waals surface area contributed by atoms with E-state index in [1.165, 1.54) is 44.2 Å². The van der Waals surface area contributed by atoms with E-state index in [1.54, 1.807) is 32.9 Å². The lowest BCUT2D eigenvalue weighted by molar-refractivity contribution is -0.114. The molecule has 2 N–H and O–H groups in total. The molecule has 1 atom stereocenters. The van der Waals surface area contributed by atoms with Crippen LogP contribution < -0.4 is 10.0 Å². The number of ether oxygens (including phenoxy) is 1. The van der Waals surface area contributed by atoms with Gasteiger partial charge in [-0.3, -0.25) is 9.59 Å². The van der Waals surface area contributed by atoms with E-state index in [0.29, 0.717) is 16.8 Å². The largest absolute Gasteiger partial charge is 0.451 e. The van der Waals surface area contributed by atoms with Crippen molar-refractivity contribution in [3.8, 4) is 0 Å². The third kappa shape index (κ3) is 6.47. The maximum Gasteiger partial charge on any atom is 0.339 e. The molecular weight excluding hydrogens is 420 g/mol. The second kappa shape index (κ2) is 9.84. The number of hydrogen-bond acceptors (Lipinski definition) is 6. The van der Waals surface area contributed by atoms with E-state index in [9.17, 15) is 22.8 Å². The lowest BCUT2D eigenvalue weighted by Gasteiger charge is -2.15. The molecule has 0 aliphatic carbocycles. The quantitative estimate of drug-likeness (QED) is 0.475. The van der Waals surface area contributed by atoms with E-state index < -0.39 is 27.9 Å². The topological polar surface area (TPSA) is 119 Å². The first-order chi connectivity index (χ1) is 14.4. The molecule has 0 saturated carbocycles. The Morgan fingerprint density at radius 1 is 0.968 bits per heavy atom. The first-order valence-corrected chi connectivity index (χ1v) is 11.1. The summed E-state index contributed by atoms with van der Waals surface area (Å²) in [6.45, 7) is 7.85. The predicted octanol–water partition coefficient (Wildman–Crippen LogP) is 3.07. The molecule has 0 saturated heterocycles. The zero-order valence-corrected chi connectivity index (χ0v) is 18.9. The SMILES string of the molecule is CC(=O)Nc1ccc(C(=O)[C@@H](C)OC(=O)c2cc(S(=O)(=O)NC(C)C)ccc2C)cc1. The summed E-state index contributed by atoms with van der Waals surface area (Å²) in [6, 6.07) is 10.0. The fourth-order valence-electron chi connectivity index (χ4n) is 2.80. The Kier molecular flexibility index (Phi) is 7.70. The highest BCUT2D eigenvalue weighted by Crippen LogP contribution is 2.19. The van der Waals surface area contributed by atoms with Gasteiger partial charge in [0.2, 0.25) is 21.7 Å². The average molecular weight is 447 g/mol. The van der Waals surface area contributed by atoms with Crippen LogP contribution in [0.25, 0.3) is 0 Å². The summed E-state index contributed by atoms with van der Waals surface area (Å²) in [6.07, 6.45) is -1.09. The molecule has 0 aliphatic heterocycles. The van der Waals surface area contributed by atoms with Crippen molar-refractivity contribution in [3.63, 3.8) is 0 Å². The Morgan fingerprint density at radius 3 is 2.13 bits per heavy atom. The number of carbonyl (C=O) groups is 3. The summed E-state index contributed by atoms with van der Waals surface area (Å²) >= 11 is 0. The van der Waals surface area contributed by atoms with Gasteiger partial charge in [0.05, 0.1) is 10.5 Å². The van der Waals surface area contributed by atoms with E-state index in [1.807, 2.05) is 0 Å². The maximum atomic E-state index is 12.7. The number of esters is 1. The minimum Gasteiger partial charge on any atom is -0.451 e. The van der Waals surface area contributed by atoms with Gasteiger partial charge < -0.3 is 10.1 Å². The third-order valence-corrected chi connectivity index (χ3v) is 5.93. The normalized spacial score (nSPS) is 12.3. The van der Waals surface area contributed by atoms with Gasteiger partial charge in [-0.05, 0) is 69.7 Å². The molecule has 2 rings (SSSR count). The van der Waals surface area contributed by atoms with Crippen LogP contribution in [0.15, 0.2) is 47.4 Å². The minimum atomic E-state index is -3.79. The first kappa shape index (κ1) is 24.2. The van der Waals surface area contributed by atoms with Crippen LogP contribution in [-0.2, 0) is 19.6 Å². The van der Waals surface area contributed by atoms with Gasteiger partial charge in [-0.1, -0.05) is 6.07 Å². The molecule has 0 heterocycles. The number of nitrogens with one attached hydrogen (secondary N) is 2.